The van der Waals surface area contributed by atoms with Crippen molar-refractivity contribution in [2.45, 2.75) is 51.5 Å². The molecule has 1 atom stereocenters. The Hall–Kier alpha value is -1.75. The highest BCUT2D eigenvalue weighted by atomic mass is 35.5. The van der Waals surface area contributed by atoms with E-state index in [1.807, 2.05) is 0 Å². The topological polar surface area (TPSA) is 81.4 Å². The summed E-state index contributed by atoms with van der Waals surface area (Å²) in [6, 6.07) is 4.69. The smallest absolute Gasteiger partial charge is 0.340 e. The van der Waals surface area contributed by atoms with Crippen molar-refractivity contribution in [1.29, 1.82) is 0 Å². The van der Waals surface area contributed by atoms with Crippen LogP contribution in [0.2, 0.25) is 5.02 Å². The average Bonchev–Trinajstić information content (AvgIpc) is 2.58. The first kappa shape index (κ1) is 18.6. The van der Waals surface area contributed by atoms with Gasteiger partial charge in [0.05, 0.1) is 5.56 Å². The van der Waals surface area contributed by atoms with Crippen LogP contribution in [-0.4, -0.2) is 24.5 Å². The highest BCUT2D eigenvalue weighted by Crippen LogP contribution is 2.61. The monoisotopic (exact) mass is 390 g/mol. The van der Waals surface area contributed by atoms with E-state index in [-0.39, 0.29) is 35.2 Å². The van der Waals surface area contributed by atoms with E-state index >= 15 is 0 Å². The molecule has 1 amide bonds. The maximum absolute atomic E-state index is 12.4. The molecule has 4 fully saturated rings. The van der Waals surface area contributed by atoms with E-state index in [1.54, 1.807) is 6.07 Å². The van der Waals surface area contributed by atoms with Crippen molar-refractivity contribution in [3.05, 3.63) is 28.8 Å². The molecule has 27 heavy (non-hydrogen) atoms. The second kappa shape index (κ2) is 7.01. The number of nitrogens with two attached hydrogens (primary N) is 1. The number of hydrogen-bond acceptors (Lipinski definition) is 4. The summed E-state index contributed by atoms with van der Waals surface area (Å²) in [7, 11) is 0. The molecule has 6 heteroatoms. The van der Waals surface area contributed by atoms with E-state index < -0.39 is 5.97 Å². The van der Waals surface area contributed by atoms with E-state index in [0.29, 0.717) is 5.02 Å². The lowest BCUT2D eigenvalue weighted by Gasteiger charge is -2.59. The molecule has 3 N–H and O–H groups in total. The largest absolute Gasteiger partial charge is 0.452 e. The Bertz CT molecular complexity index is 729. The van der Waals surface area contributed by atoms with Gasteiger partial charge in [-0.15, -0.1) is 0 Å². The van der Waals surface area contributed by atoms with Crippen molar-refractivity contribution in [2.24, 2.45) is 23.2 Å². The van der Waals surface area contributed by atoms with E-state index in [9.17, 15) is 9.59 Å². The lowest BCUT2D eigenvalue weighted by molar-refractivity contribution is -0.128. The van der Waals surface area contributed by atoms with Gasteiger partial charge in [-0.3, -0.25) is 4.79 Å². The number of ether oxygens (including phenoxy) is 1. The molecule has 146 valence electrons. The normalized spacial score (nSPS) is 32.1. The summed E-state index contributed by atoms with van der Waals surface area (Å²) >= 11 is 5.84. The molecule has 4 aliphatic carbocycles. The molecular weight excluding hydrogens is 364 g/mol. The number of anilines is 1. The molecular formula is C21H27ClN2O3. The zero-order chi connectivity index (χ0) is 19.2. The second-order valence-electron chi connectivity index (χ2n) is 8.88. The predicted octanol–water partition coefficient (Wildman–Crippen LogP) is 3.80. The minimum absolute atomic E-state index is 0.109. The summed E-state index contributed by atoms with van der Waals surface area (Å²) in [5, 5.41) is 3.55. The molecule has 0 aromatic heterocycles. The summed E-state index contributed by atoms with van der Waals surface area (Å²) in [5.74, 6) is 1.64. The van der Waals surface area contributed by atoms with E-state index in [4.69, 9.17) is 22.1 Å². The summed E-state index contributed by atoms with van der Waals surface area (Å²) in [4.78, 5) is 24.5. The average molecular weight is 391 g/mol. The van der Waals surface area contributed by atoms with Crippen LogP contribution in [-0.2, 0) is 9.53 Å². The van der Waals surface area contributed by atoms with E-state index in [1.165, 1.54) is 50.7 Å². The number of nitrogens with one attached hydrogen (secondary N) is 1. The molecule has 0 heterocycles. The van der Waals surface area contributed by atoms with Gasteiger partial charge in [-0.25, -0.2) is 4.79 Å². The van der Waals surface area contributed by atoms with Crippen molar-refractivity contribution in [3.63, 3.8) is 0 Å². The fraction of sp³-hybridized carbons (Fsp3) is 0.619. The summed E-state index contributed by atoms with van der Waals surface area (Å²) in [6.45, 7) is 1.82. The van der Waals surface area contributed by atoms with Gasteiger partial charge in [0.15, 0.2) is 6.61 Å². The minimum Gasteiger partial charge on any atom is -0.452 e. The summed E-state index contributed by atoms with van der Waals surface area (Å²) in [6.07, 6.45) is 7.80. The van der Waals surface area contributed by atoms with Gasteiger partial charge in [-0.2, -0.15) is 0 Å². The molecule has 5 rings (SSSR count). The van der Waals surface area contributed by atoms with Crippen molar-refractivity contribution in [3.8, 4) is 0 Å². The van der Waals surface area contributed by atoms with Gasteiger partial charge < -0.3 is 15.8 Å². The SMILES string of the molecule is C[C@@H](NC(=O)COC(=O)c1ccc(Cl)cc1N)C12CC3CC(CC(C3)C1)C2. The molecule has 0 spiro atoms. The van der Waals surface area contributed by atoms with Gasteiger partial charge in [0.1, 0.15) is 0 Å². The predicted molar refractivity (Wildman–Crippen MR) is 104 cm³/mol. The van der Waals surface area contributed by atoms with Crippen LogP contribution in [0.15, 0.2) is 18.2 Å². The molecule has 5 nitrogen and oxygen atoms in total. The van der Waals surface area contributed by atoms with Gasteiger partial charge >= 0.3 is 5.97 Å². The fourth-order valence-electron chi connectivity index (χ4n) is 6.07. The maximum Gasteiger partial charge on any atom is 0.340 e. The lowest BCUT2D eigenvalue weighted by atomic mass is 9.48. The number of hydrogen-bond donors (Lipinski definition) is 2. The molecule has 1 aromatic rings. The van der Waals surface area contributed by atoms with Crippen LogP contribution in [0.25, 0.3) is 0 Å². The Balaban J connectivity index is 1.32. The van der Waals surface area contributed by atoms with Crippen molar-refractivity contribution in [2.75, 3.05) is 12.3 Å². The summed E-state index contributed by atoms with van der Waals surface area (Å²) in [5.41, 5.74) is 6.49. The standard InChI is InChI=1S/C21H27ClN2O3/c1-12(21-8-13-4-14(9-21)6-15(5-13)10-21)24-19(25)11-27-20(26)17-3-2-16(22)7-18(17)23/h2-3,7,12-15H,4-6,8-11,23H2,1H3,(H,24,25)/t12-,13?,14?,15?,21?/m1/s1. The Labute approximate surface area is 165 Å². The van der Waals surface area contributed by atoms with Crippen LogP contribution >= 0.6 is 11.6 Å². The first-order chi connectivity index (χ1) is 12.8. The molecule has 0 radical (unpaired) electrons. The number of amides is 1. The Morgan fingerprint density at radius 2 is 1.81 bits per heavy atom. The van der Waals surface area contributed by atoms with Crippen molar-refractivity contribution >= 4 is 29.2 Å². The zero-order valence-corrected chi connectivity index (χ0v) is 16.4. The number of esters is 1. The molecule has 1 aromatic carbocycles. The zero-order valence-electron chi connectivity index (χ0n) is 15.7. The molecule has 4 aliphatic rings. The quantitative estimate of drug-likeness (QED) is 0.591. The van der Waals surface area contributed by atoms with Crippen LogP contribution < -0.4 is 11.1 Å². The van der Waals surface area contributed by atoms with Gasteiger partial charge in [-0.05, 0) is 86.8 Å². The molecule has 4 bridgehead atoms. The number of benzene rings is 1. The highest BCUT2D eigenvalue weighted by Gasteiger charge is 2.53. The highest BCUT2D eigenvalue weighted by molar-refractivity contribution is 6.31. The first-order valence-electron chi connectivity index (χ1n) is 9.86. The molecule has 0 unspecified atom stereocenters. The molecule has 0 saturated heterocycles. The van der Waals surface area contributed by atoms with E-state index in [2.05, 4.69) is 12.2 Å². The van der Waals surface area contributed by atoms with Crippen molar-refractivity contribution < 1.29 is 14.3 Å². The van der Waals surface area contributed by atoms with Gasteiger partial charge in [0.2, 0.25) is 0 Å². The molecule has 4 saturated carbocycles. The van der Waals surface area contributed by atoms with Crippen molar-refractivity contribution in [1.82, 2.24) is 5.32 Å². The minimum atomic E-state index is -0.609. The van der Waals surface area contributed by atoms with Crippen LogP contribution in [0.5, 0.6) is 0 Å². The third-order valence-electron chi connectivity index (χ3n) is 6.95. The van der Waals surface area contributed by atoms with Crippen LogP contribution in [0.4, 0.5) is 5.69 Å². The summed E-state index contributed by atoms with van der Waals surface area (Å²) < 4.78 is 5.16. The third-order valence-corrected chi connectivity index (χ3v) is 7.18. The Morgan fingerprint density at radius 3 is 2.37 bits per heavy atom. The fourth-order valence-corrected chi connectivity index (χ4v) is 6.25. The van der Waals surface area contributed by atoms with Crippen LogP contribution in [0.1, 0.15) is 55.8 Å². The number of rotatable bonds is 5. The number of carbonyl (C=O) groups is 2. The van der Waals surface area contributed by atoms with Gasteiger partial charge in [0, 0.05) is 16.8 Å². The Morgan fingerprint density at radius 1 is 1.22 bits per heavy atom. The number of carbonyl (C=O) groups excluding carboxylic acids is 2. The first-order valence-corrected chi connectivity index (χ1v) is 10.2. The number of nitrogen functional groups attached to an aromatic ring is 1. The second-order valence-corrected chi connectivity index (χ2v) is 9.31. The van der Waals surface area contributed by atoms with Crippen LogP contribution in [0.3, 0.4) is 0 Å². The molecule has 0 aliphatic heterocycles. The van der Waals surface area contributed by atoms with Gasteiger partial charge in [-0.1, -0.05) is 11.6 Å². The lowest BCUT2D eigenvalue weighted by Crippen LogP contribution is -2.56. The number of halogens is 1. The van der Waals surface area contributed by atoms with E-state index in [0.717, 1.165) is 17.8 Å². The Kier molecular flexibility index (Phi) is 4.83. The van der Waals surface area contributed by atoms with Gasteiger partial charge in [0.25, 0.3) is 5.91 Å². The third kappa shape index (κ3) is 3.66. The maximum atomic E-state index is 12.4. The van der Waals surface area contributed by atoms with Crippen LogP contribution in [0, 0.1) is 23.2 Å².